The zero-order chi connectivity index (χ0) is 17.4. The first-order valence-electron chi connectivity index (χ1n) is 7.56. The standard InChI is InChI=1S/C17H18F2N2O2S/c18-14-7-6-13(11-15(14)19)24-12-16(22)20-8-2-4-10-21-9-3-1-5-17(21)23/h1,3,5-7,9,11H,2,4,8,10,12H2,(H,20,22). The maximum atomic E-state index is 13.0. The SMILES string of the molecule is O=C(CSc1ccc(F)c(F)c1)NCCCCn1ccccc1=O. The van der Waals surface area contributed by atoms with Gasteiger partial charge in [0.15, 0.2) is 11.6 Å². The number of unbranched alkanes of at least 4 members (excludes halogenated alkanes) is 1. The normalized spacial score (nSPS) is 10.6. The molecule has 0 aliphatic rings. The average Bonchev–Trinajstić information content (AvgIpc) is 2.57. The van der Waals surface area contributed by atoms with Gasteiger partial charge in [0.25, 0.3) is 0 Å². The van der Waals surface area contributed by atoms with Crippen molar-refractivity contribution in [2.75, 3.05) is 12.3 Å². The lowest BCUT2D eigenvalue weighted by atomic mass is 10.3. The van der Waals surface area contributed by atoms with Gasteiger partial charge >= 0.3 is 0 Å². The number of aromatic nitrogens is 1. The van der Waals surface area contributed by atoms with Crippen molar-refractivity contribution in [3.05, 3.63) is 64.6 Å². The highest BCUT2D eigenvalue weighted by Crippen LogP contribution is 2.19. The van der Waals surface area contributed by atoms with Crippen LogP contribution in [0.4, 0.5) is 8.78 Å². The summed E-state index contributed by atoms with van der Waals surface area (Å²) in [6.07, 6.45) is 3.27. The van der Waals surface area contributed by atoms with Crippen molar-refractivity contribution >= 4 is 17.7 Å². The molecule has 1 amide bonds. The van der Waals surface area contributed by atoms with Crippen LogP contribution in [0.3, 0.4) is 0 Å². The fraction of sp³-hybridized carbons (Fsp3) is 0.294. The van der Waals surface area contributed by atoms with E-state index in [1.54, 1.807) is 22.9 Å². The number of hydrogen-bond acceptors (Lipinski definition) is 3. The molecule has 7 heteroatoms. The van der Waals surface area contributed by atoms with Gasteiger partial charge in [0.1, 0.15) is 0 Å². The second-order valence-electron chi connectivity index (χ2n) is 5.15. The maximum absolute atomic E-state index is 13.0. The predicted molar refractivity (Wildman–Crippen MR) is 90.0 cm³/mol. The number of halogens is 2. The third-order valence-corrected chi connectivity index (χ3v) is 4.30. The van der Waals surface area contributed by atoms with Gasteiger partial charge < -0.3 is 9.88 Å². The Kier molecular flexibility index (Phi) is 6.99. The molecule has 0 atom stereocenters. The van der Waals surface area contributed by atoms with Gasteiger partial charge in [-0.3, -0.25) is 9.59 Å². The van der Waals surface area contributed by atoms with Crippen molar-refractivity contribution in [3.8, 4) is 0 Å². The molecule has 4 nitrogen and oxygen atoms in total. The van der Waals surface area contributed by atoms with Gasteiger partial charge in [-0.15, -0.1) is 11.8 Å². The van der Waals surface area contributed by atoms with Crippen molar-refractivity contribution in [3.63, 3.8) is 0 Å². The number of nitrogens with one attached hydrogen (secondary N) is 1. The summed E-state index contributed by atoms with van der Waals surface area (Å²) in [4.78, 5) is 23.7. The molecule has 0 aliphatic heterocycles. The minimum absolute atomic E-state index is 0.0375. The molecular formula is C17H18F2N2O2S. The van der Waals surface area contributed by atoms with E-state index >= 15 is 0 Å². The highest BCUT2D eigenvalue weighted by molar-refractivity contribution is 8.00. The number of pyridine rings is 1. The van der Waals surface area contributed by atoms with E-state index in [1.165, 1.54) is 12.1 Å². The lowest BCUT2D eigenvalue weighted by Crippen LogP contribution is -2.26. The highest BCUT2D eigenvalue weighted by atomic mass is 32.2. The van der Waals surface area contributed by atoms with E-state index in [0.29, 0.717) is 18.0 Å². The van der Waals surface area contributed by atoms with E-state index < -0.39 is 11.6 Å². The van der Waals surface area contributed by atoms with E-state index in [-0.39, 0.29) is 17.2 Å². The number of nitrogens with zero attached hydrogens (tertiary/aromatic N) is 1. The van der Waals surface area contributed by atoms with Crippen LogP contribution in [-0.2, 0) is 11.3 Å². The summed E-state index contributed by atoms with van der Waals surface area (Å²) in [5.74, 6) is -1.84. The van der Waals surface area contributed by atoms with Crippen LogP contribution in [0.25, 0.3) is 0 Å². The summed E-state index contributed by atoms with van der Waals surface area (Å²) < 4.78 is 27.5. The van der Waals surface area contributed by atoms with Crippen LogP contribution in [-0.4, -0.2) is 22.8 Å². The van der Waals surface area contributed by atoms with Gasteiger partial charge in [-0.2, -0.15) is 0 Å². The van der Waals surface area contributed by atoms with E-state index in [1.807, 2.05) is 0 Å². The second kappa shape index (κ2) is 9.22. The minimum Gasteiger partial charge on any atom is -0.355 e. The summed E-state index contributed by atoms with van der Waals surface area (Å²) in [5, 5.41) is 2.76. The largest absolute Gasteiger partial charge is 0.355 e. The van der Waals surface area contributed by atoms with Crippen LogP contribution in [0.1, 0.15) is 12.8 Å². The zero-order valence-electron chi connectivity index (χ0n) is 13.0. The van der Waals surface area contributed by atoms with E-state index in [0.717, 1.165) is 36.7 Å². The quantitative estimate of drug-likeness (QED) is 0.587. The molecule has 1 heterocycles. The fourth-order valence-electron chi connectivity index (χ4n) is 2.05. The number of thioether (sulfide) groups is 1. The molecule has 1 aromatic carbocycles. The molecule has 2 rings (SSSR count). The predicted octanol–water partition coefficient (Wildman–Crippen LogP) is 2.82. The molecule has 0 saturated carbocycles. The molecule has 128 valence electrons. The summed E-state index contributed by atoms with van der Waals surface area (Å²) in [5.41, 5.74) is -0.0375. The number of amides is 1. The van der Waals surface area contributed by atoms with Crippen molar-refractivity contribution in [2.24, 2.45) is 0 Å². The first-order chi connectivity index (χ1) is 11.6. The molecule has 0 saturated heterocycles. The molecule has 0 bridgehead atoms. The number of hydrogen-bond donors (Lipinski definition) is 1. The summed E-state index contributed by atoms with van der Waals surface area (Å²) in [7, 11) is 0. The summed E-state index contributed by atoms with van der Waals surface area (Å²) >= 11 is 1.15. The number of rotatable bonds is 8. The molecule has 0 fully saturated rings. The molecule has 1 aromatic heterocycles. The van der Waals surface area contributed by atoms with Crippen molar-refractivity contribution in [1.82, 2.24) is 9.88 Å². The molecule has 0 spiro atoms. The van der Waals surface area contributed by atoms with Gasteiger partial charge in [0.2, 0.25) is 11.5 Å². The van der Waals surface area contributed by atoms with E-state index in [2.05, 4.69) is 5.32 Å². The van der Waals surface area contributed by atoms with Gasteiger partial charge in [0, 0.05) is 30.2 Å². The number of carbonyl (C=O) groups is 1. The fourth-order valence-corrected chi connectivity index (χ4v) is 2.80. The Balaban J connectivity index is 1.62. The van der Waals surface area contributed by atoms with Crippen LogP contribution in [0.15, 0.2) is 52.3 Å². The Morgan fingerprint density at radius 1 is 1.12 bits per heavy atom. The first kappa shape index (κ1) is 18.2. The van der Waals surface area contributed by atoms with Crippen LogP contribution >= 0.6 is 11.8 Å². The smallest absolute Gasteiger partial charge is 0.250 e. The first-order valence-corrected chi connectivity index (χ1v) is 8.55. The van der Waals surface area contributed by atoms with Crippen molar-refractivity contribution in [2.45, 2.75) is 24.3 Å². The summed E-state index contributed by atoms with van der Waals surface area (Å²) in [6.45, 7) is 1.12. The Bertz CT molecular complexity index is 749. The van der Waals surface area contributed by atoms with Crippen LogP contribution in [0, 0.1) is 11.6 Å². The van der Waals surface area contributed by atoms with Gasteiger partial charge in [-0.05, 0) is 37.1 Å². The Labute approximate surface area is 142 Å². The number of benzene rings is 1. The molecule has 1 N–H and O–H groups in total. The topological polar surface area (TPSA) is 51.1 Å². The molecule has 0 radical (unpaired) electrons. The van der Waals surface area contributed by atoms with Crippen molar-refractivity contribution < 1.29 is 13.6 Å². The highest BCUT2D eigenvalue weighted by Gasteiger charge is 2.06. The van der Waals surface area contributed by atoms with Crippen molar-refractivity contribution in [1.29, 1.82) is 0 Å². The lowest BCUT2D eigenvalue weighted by Gasteiger charge is -2.07. The molecule has 0 unspecified atom stereocenters. The number of carbonyl (C=O) groups excluding carboxylic acids is 1. The monoisotopic (exact) mass is 352 g/mol. The lowest BCUT2D eigenvalue weighted by molar-refractivity contribution is -0.118. The number of aryl methyl sites for hydroxylation is 1. The van der Waals surface area contributed by atoms with Crippen LogP contribution in [0.5, 0.6) is 0 Å². The van der Waals surface area contributed by atoms with Gasteiger partial charge in [-0.25, -0.2) is 8.78 Å². The Morgan fingerprint density at radius 3 is 2.71 bits per heavy atom. The minimum atomic E-state index is -0.920. The third-order valence-electron chi connectivity index (χ3n) is 3.31. The zero-order valence-corrected chi connectivity index (χ0v) is 13.8. The van der Waals surface area contributed by atoms with Crippen LogP contribution < -0.4 is 10.9 Å². The van der Waals surface area contributed by atoms with E-state index in [4.69, 9.17) is 0 Å². The Hall–Kier alpha value is -2.15. The van der Waals surface area contributed by atoms with Gasteiger partial charge in [0.05, 0.1) is 5.75 Å². The Morgan fingerprint density at radius 2 is 1.96 bits per heavy atom. The molecule has 2 aromatic rings. The molecule has 0 aliphatic carbocycles. The third kappa shape index (κ3) is 5.81. The van der Waals surface area contributed by atoms with Crippen LogP contribution in [0.2, 0.25) is 0 Å². The van der Waals surface area contributed by atoms with E-state index in [9.17, 15) is 18.4 Å². The molecule has 24 heavy (non-hydrogen) atoms. The maximum Gasteiger partial charge on any atom is 0.250 e. The summed E-state index contributed by atoms with van der Waals surface area (Å²) in [6, 6.07) is 8.57. The molecular weight excluding hydrogens is 334 g/mol. The van der Waals surface area contributed by atoms with Gasteiger partial charge in [-0.1, -0.05) is 6.07 Å². The average molecular weight is 352 g/mol. The second-order valence-corrected chi connectivity index (χ2v) is 6.20.